The number of nitrogens with one attached hydrogen (secondary N) is 1. The Kier molecular flexibility index (Phi) is 5.09. The molecular formula is C19H15FN6O2S. The predicted octanol–water partition coefficient (Wildman–Crippen LogP) is 2.37. The number of thioether (sulfide) groups is 1. The van der Waals surface area contributed by atoms with Crippen LogP contribution in [0.3, 0.4) is 0 Å². The number of rotatable bonds is 5. The summed E-state index contributed by atoms with van der Waals surface area (Å²) in [7, 11) is 1.70. The molecule has 0 aliphatic rings. The van der Waals surface area contributed by atoms with Gasteiger partial charge in [0, 0.05) is 18.3 Å². The van der Waals surface area contributed by atoms with Crippen molar-refractivity contribution in [1.29, 1.82) is 0 Å². The fourth-order valence-corrected chi connectivity index (χ4v) is 3.44. The molecule has 2 aromatic heterocycles. The van der Waals surface area contributed by atoms with Gasteiger partial charge in [0.1, 0.15) is 5.82 Å². The molecule has 2 heterocycles. The summed E-state index contributed by atoms with van der Waals surface area (Å²) >= 11 is 1.15. The van der Waals surface area contributed by atoms with Gasteiger partial charge in [0.2, 0.25) is 11.1 Å². The highest BCUT2D eigenvalue weighted by Crippen LogP contribution is 2.19. The molecule has 1 N–H and O–H groups in total. The molecule has 0 spiro atoms. The SMILES string of the molecule is CN(C(=O)CSc1nnc2[nH]c(=O)c(-c3ccc(F)cc3)nn12)c1ccccc1. The number of hydrogen-bond acceptors (Lipinski definition) is 6. The van der Waals surface area contributed by atoms with Crippen LogP contribution in [0.5, 0.6) is 0 Å². The average Bonchev–Trinajstić information content (AvgIpc) is 3.13. The number of para-hydroxylation sites is 1. The molecule has 0 saturated carbocycles. The minimum Gasteiger partial charge on any atom is -0.315 e. The number of carbonyl (C=O) groups excluding carboxylic acids is 1. The van der Waals surface area contributed by atoms with Crippen LogP contribution in [-0.4, -0.2) is 43.5 Å². The molecule has 0 saturated heterocycles. The summed E-state index contributed by atoms with van der Waals surface area (Å²) in [6.45, 7) is 0. The molecule has 8 nitrogen and oxygen atoms in total. The van der Waals surface area contributed by atoms with Crippen molar-refractivity contribution in [1.82, 2.24) is 24.8 Å². The second-order valence-corrected chi connectivity index (χ2v) is 7.05. The van der Waals surface area contributed by atoms with Gasteiger partial charge in [-0.25, -0.2) is 4.39 Å². The number of amides is 1. The molecule has 0 unspecified atom stereocenters. The van der Waals surface area contributed by atoms with Crippen LogP contribution < -0.4 is 10.5 Å². The van der Waals surface area contributed by atoms with E-state index >= 15 is 0 Å². The van der Waals surface area contributed by atoms with Gasteiger partial charge in [-0.1, -0.05) is 30.0 Å². The van der Waals surface area contributed by atoms with Crippen molar-refractivity contribution in [2.24, 2.45) is 0 Å². The fraction of sp³-hybridized carbons (Fsp3) is 0.105. The smallest absolute Gasteiger partial charge is 0.279 e. The number of carbonyl (C=O) groups is 1. The van der Waals surface area contributed by atoms with Crippen LogP contribution >= 0.6 is 11.8 Å². The third kappa shape index (κ3) is 3.87. The summed E-state index contributed by atoms with van der Waals surface area (Å²) in [4.78, 5) is 28.9. The maximum absolute atomic E-state index is 13.2. The maximum atomic E-state index is 13.2. The Morgan fingerprint density at radius 2 is 1.86 bits per heavy atom. The van der Waals surface area contributed by atoms with Gasteiger partial charge in [0.25, 0.3) is 11.3 Å². The molecule has 10 heteroatoms. The van der Waals surface area contributed by atoms with Crippen LogP contribution in [-0.2, 0) is 4.79 Å². The van der Waals surface area contributed by atoms with E-state index in [2.05, 4.69) is 20.3 Å². The molecule has 1 amide bonds. The Balaban J connectivity index is 1.58. The van der Waals surface area contributed by atoms with Gasteiger partial charge >= 0.3 is 0 Å². The zero-order valence-corrected chi connectivity index (χ0v) is 16.1. The quantitative estimate of drug-likeness (QED) is 0.508. The molecule has 0 fully saturated rings. The summed E-state index contributed by atoms with van der Waals surface area (Å²) < 4.78 is 14.5. The predicted molar refractivity (Wildman–Crippen MR) is 107 cm³/mol. The fourth-order valence-electron chi connectivity index (χ4n) is 2.64. The van der Waals surface area contributed by atoms with Crippen molar-refractivity contribution in [2.75, 3.05) is 17.7 Å². The molecule has 0 aliphatic heterocycles. The zero-order chi connectivity index (χ0) is 20.4. The van der Waals surface area contributed by atoms with E-state index in [1.807, 2.05) is 30.3 Å². The Labute approximate surface area is 168 Å². The molecule has 4 rings (SSSR count). The van der Waals surface area contributed by atoms with Gasteiger partial charge in [-0.2, -0.15) is 9.61 Å². The van der Waals surface area contributed by atoms with E-state index in [-0.39, 0.29) is 23.1 Å². The van der Waals surface area contributed by atoms with E-state index in [0.717, 1.165) is 17.4 Å². The Morgan fingerprint density at radius 1 is 1.14 bits per heavy atom. The molecule has 0 atom stereocenters. The minimum absolute atomic E-state index is 0.104. The van der Waals surface area contributed by atoms with E-state index in [0.29, 0.717) is 10.7 Å². The average molecular weight is 410 g/mol. The van der Waals surface area contributed by atoms with E-state index in [1.165, 1.54) is 28.8 Å². The van der Waals surface area contributed by atoms with Gasteiger partial charge in [0.05, 0.1) is 5.75 Å². The molecule has 0 radical (unpaired) electrons. The van der Waals surface area contributed by atoms with Crippen LogP contribution in [0.1, 0.15) is 0 Å². The molecule has 29 heavy (non-hydrogen) atoms. The lowest BCUT2D eigenvalue weighted by atomic mass is 10.2. The van der Waals surface area contributed by atoms with E-state index < -0.39 is 11.4 Å². The van der Waals surface area contributed by atoms with Gasteiger partial charge < -0.3 is 4.90 Å². The third-order valence-corrected chi connectivity index (χ3v) is 5.12. The summed E-state index contributed by atoms with van der Waals surface area (Å²) in [5, 5.41) is 12.6. The zero-order valence-electron chi connectivity index (χ0n) is 15.2. The first kappa shape index (κ1) is 18.8. The third-order valence-electron chi connectivity index (χ3n) is 4.21. The monoisotopic (exact) mass is 410 g/mol. The van der Waals surface area contributed by atoms with Crippen molar-refractivity contribution in [2.45, 2.75) is 5.16 Å². The van der Waals surface area contributed by atoms with Crippen LogP contribution in [0, 0.1) is 5.82 Å². The normalized spacial score (nSPS) is 11.0. The van der Waals surface area contributed by atoms with Gasteiger partial charge in [-0.05, 0) is 36.4 Å². The van der Waals surface area contributed by atoms with Crippen molar-refractivity contribution in [3.05, 3.63) is 70.8 Å². The number of anilines is 1. The van der Waals surface area contributed by atoms with Crippen LogP contribution in [0.25, 0.3) is 17.0 Å². The van der Waals surface area contributed by atoms with Crippen LogP contribution in [0.15, 0.2) is 64.5 Å². The Bertz CT molecular complexity index is 1220. The largest absolute Gasteiger partial charge is 0.315 e. The second kappa shape index (κ2) is 7.84. The van der Waals surface area contributed by atoms with Crippen molar-refractivity contribution >= 4 is 29.1 Å². The lowest BCUT2D eigenvalue weighted by Gasteiger charge is -2.16. The molecule has 0 bridgehead atoms. The highest BCUT2D eigenvalue weighted by Gasteiger charge is 2.16. The highest BCUT2D eigenvalue weighted by molar-refractivity contribution is 7.99. The van der Waals surface area contributed by atoms with Crippen molar-refractivity contribution in [3.63, 3.8) is 0 Å². The standard InChI is InChI=1S/C19H15FN6O2S/c1-25(14-5-3-2-4-6-14)15(27)11-29-19-23-22-18-21-17(28)16(24-26(18)19)12-7-9-13(20)10-8-12/h2-10H,11H2,1H3,(H,21,22,28). The van der Waals surface area contributed by atoms with Crippen LogP contribution in [0.2, 0.25) is 0 Å². The lowest BCUT2D eigenvalue weighted by molar-refractivity contribution is -0.115. The summed E-state index contributed by atoms with van der Waals surface area (Å²) in [5.41, 5.74) is 0.879. The Hall–Kier alpha value is -3.53. The number of aromatic amines is 1. The first-order valence-electron chi connectivity index (χ1n) is 8.59. The number of aromatic nitrogens is 5. The Morgan fingerprint density at radius 3 is 2.59 bits per heavy atom. The van der Waals surface area contributed by atoms with Crippen molar-refractivity contribution < 1.29 is 9.18 Å². The van der Waals surface area contributed by atoms with Crippen molar-refractivity contribution in [3.8, 4) is 11.3 Å². The summed E-state index contributed by atoms with van der Waals surface area (Å²) in [6.07, 6.45) is 0. The minimum atomic E-state index is -0.465. The van der Waals surface area contributed by atoms with Gasteiger partial charge in [-0.3, -0.25) is 14.6 Å². The van der Waals surface area contributed by atoms with Crippen LogP contribution in [0.4, 0.5) is 10.1 Å². The molecule has 0 aliphatic carbocycles. The van der Waals surface area contributed by atoms with E-state index in [4.69, 9.17) is 0 Å². The second-order valence-electron chi connectivity index (χ2n) is 6.10. The molecule has 2 aromatic carbocycles. The van der Waals surface area contributed by atoms with Gasteiger partial charge in [-0.15, -0.1) is 10.2 Å². The first-order valence-corrected chi connectivity index (χ1v) is 9.57. The maximum Gasteiger partial charge on any atom is 0.279 e. The first-order chi connectivity index (χ1) is 14.0. The molecule has 146 valence electrons. The number of fused-ring (bicyclic) bond motifs is 1. The molecule has 4 aromatic rings. The van der Waals surface area contributed by atoms with E-state index in [9.17, 15) is 14.0 Å². The topological polar surface area (TPSA) is 96.2 Å². The number of H-pyrrole nitrogens is 1. The summed E-state index contributed by atoms with van der Waals surface area (Å²) in [5.74, 6) is -0.264. The highest BCUT2D eigenvalue weighted by atomic mass is 32.2. The summed E-state index contributed by atoms with van der Waals surface area (Å²) in [6, 6.07) is 14.7. The lowest BCUT2D eigenvalue weighted by Crippen LogP contribution is -2.27. The molecular weight excluding hydrogens is 395 g/mol. The number of nitrogens with zero attached hydrogens (tertiary/aromatic N) is 5. The number of hydrogen-bond donors (Lipinski definition) is 1. The van der Waals surface area contributed by atoms with Gasteiger partial charge in [0.15, 0.2) is 5.69 Å². The number of halogens is 1. The number of benzene rings is 2. The van der Waals surface area contributed by atoms with E-state index in [1.54, 1.807) is 11.9 Å².